The summed E-state index contributed by atoms with van der Waals surface area (Å²) >= 11 is 0. The Hall–Kier alpha value is -3.41. The van der Waals surface area contributed by atoms with E-state index in [-0.39, 0.29) is 23.7 Å². The maximum Gasteiger partial charge on any atom is 0.261 e. The number of aromatic amines is 1. The van der Waals surface area contributed by atoms with E-state index in [0.717, 1.165) is 11.3 Å². The molecular formula is C21H18N2O4. The third kappa shape index (κ3) is 3.46. The highest BCUT2D eigenvalue weighted by Gasteiger charge is 2.30. The third-order valence-electron chi connectivity index (χ3n) is 4.79. The molecular weight excluding hydrogens is 344 g/mol. The number of hydrogen-bond donors (Lipinski definition) is 2. The van der Waals surface area contributed by atoms with Crippen LogP contribution in [0.5, 0.6) is 0 Å². The second-order valence-corrected chi connectivity index (χ2v) is 6.62. The number of Topliss-reactive ketones (excluding diaryl/α,β-unsaturated/α-hetero) is 1. The van der Waals surface area contributed by atoms with Gasteiger partial charge in [-0.05, 0) is 30.2 Å². The van der Waals surface area contributed by atoms with Gasteiger partial charge in [-0.25, -0.2) is 0 Å². The number of hydrogen-bond acceptors (Lipinski definition) is 4. The van der Waals surface area contributed by atoms with Crippen molar-refractivity contribution >= 4 is 11.7 Å². The molecule has 0 radical (unpaired) electrons. The zero-order valence-corrected chi connectivity index (χ0v) is 14.5. The number of carbonyl (C=O) groups is 2. The molecule has 1 aliphatic carbocycles. The Morgan fingerprint density at radius 1 is 1.11 bits per heavy atom. The third-order valence-corrected chi connectivity index (χ3v) is 4.79. The number of fused-ring (bicyclic) bond motifs is 1. The van der Waals surface area contributed by atoms with Crippen LogP contribution in [0.2, 0.25) is 0 Å². The van der Waals surface area contributed by atoms with Crippen LogP contribution >= 0.6 is 0 Å². The highest BCUT2D eigenvalue weighted by molar-refractivity contribution is 6.02. The number of amides is 1. The van der Waals surface area contributed by atoms with E-state index in [9.17, 15) is 14.4 Å². The predicted octanol–water partition coefficient (Wildman–Crippen LogP) is 2.81. The molecule has 27 heavy (non-hydrogen) atoms. The fourth-order valence-electron chi connectivity index (χ4n) is 3.40. The Kier molecular flexibility index (Phi) is 4.46. The van der Waals surface area contributed by atoms with Gasteiger partial charge in [-0.2, -0.15) is 0 Å². The van der Waals surface area contributed by atoms with Crippen LogP contribution in [0.15, 0.2) is 64.0 Å². The van der Waals surface area contributed by atoms with Crippen molar-refractivity contribution in [2.45, 2.75) is 25.3 Å². The van der Waals surface area contributed by atoms with Gasteiger partial charge in [0.05, 0.1) is 6.26 Å². The van der Waals surface area contributed by atoms with Crippen LogP contribution in [0, 0.1) is 0 Å². The van der Waals surface area contributed by atoms with E-state index in [1.54, 1.807) is 12.3 Å². The van der Waals surface area contributed by atoms with Crippen molar-refractivity contribution in [3.63, 3.8) is 0 Å². The Labute approximate surface area is 155 Å². The van der Waals surface area contributed by atoms with Crippen LogP contribution in [0.4, 0.5) is 0 Å². The molecule has 3 aromatic rings. The number of H-pyrrole nitrogens is 1. The first-order valence-corrected chi connectivity index (χ1v) is 8.76. The van der Waals surface area contributed by atoms with Crippen LogP contribution < -0.4 is 10.9 Å². The van der Waals surface area contributed by atoms with E-state index in [1.165, 1.54) is 6.07 Å². The molecule has 6 nitrogen and oxygen atoms in total. The molecule has 136 valence electrons. The standard InChI is InChI=1S/C21H18N2O4/c24-18-10-14(19-7-4-8-27-19)9-17-15(18)11-16(21(26)23-17)20(25)22-12-13-5-2-1-3-6-13/h1-8,11,14H,9-10,12H2,(H,22,25)(H,23,26). The van der Waals surface area contributed by atoms with Crippen molar-refractivity contribution in [2.75, 3.05) is 0 Å². The van der Waals surface area contributed by atoms with Crippen molar-refractivity contribution in [2.24, 2.45) is 0 Å². The second kappa shape index (κ2) is 7.07. The van der Waals surface area contributed by atoms with E-state index in [4.69, 9.17) is 4.42 Å². The average Bonchev–Trinajstić information content (AvgIpc) is 3.21. The SMILES string of the molecule is O=C1CC(c2ccco2)Cc2[nH]c(=O)c(C(=O)NCc3ccccc3)cc21. The lowest BCUT2D eigenvalue weighted by Crippen LogP contribution is -2.32. The van der Waals surface area contributed by atoms with Crippen molar-refractivity contribution in [1.82, 2.24) is 10.3 Å². The van der Waals surface area contributed by atoms with Gasteiger partial charge >= 0.3 is 0 Å². The van der Waals surface area contributed by atoms with Gasteiger partial charge in [-0.3, -0.25) is 14.4 Å². The zero-order chi connectivity index (χ0) is 18.8. The fraction of sp³-hybridized carbons (Fsp3) is 0.190. The molecule has 1 amide bonds. The number of benzene rings is 1. The molecule has 0 bridgehead atoms. The molecule has 0 saturated heterocycles. The topological polar surface area (TPSA) is 92.2 Å². The number of rotatable bonds is 4. The van der Waals surface area contributed by atoms with Gasteiger partial charge in [0.2, 0.25) is 0 Å². The first kappa shape index (κ1) is 17.0. The Balaban J connectivity index is 1.56. The quantitative estimate of drug-likeness (QED) is 0.746. The minimum absolute atomic E-state index is 0.0468. The number of ketones is 1. The maximum atomic E-state index is 12.6. The number of pyridine rings is 1. The lowest BCUT2D eigenvalue weighted by molar-refractivity contribution is 0.0949. The lowest BCUT2D eigenvalue weighted by Gasteiger charge is -2.22. The van der Waals surface area contributed by atoms with Gasteiger partial charge < -0.3 is 14.7 Å². The van der Waals surface area contributed by atoms with Crippen LogP contribution in [0.25, 0.3) is 0 Å². The summed E-state index contributed by atoms with van der Waals surface area (Å²) in [6, 6.07) is 14.4. The van der Waals surface area contributed by atoms with Gasteiger partial charge in [0.1, 0.15) is 11.3 Å². The van der Waals surface area contributed by atoms with Gasteiger partial charge in [0.15, 0.2) is 5.78 Å². The molecule has 0 fully saturated rings. The summed E-state index contributed by atoms with van der Waals surface area (Å²) < 4.78 is 5.39. The highest BCUT2D eigenvalue weighted by atomic mass is 16.3. The molecule has 1 unspecified atom stereocenters. The molecule has 1 aromatic carbocycles. The summed E-state index contributed by atoms with van der Waals surface area (Å²) in [6.45, 7) is 0.310. The average molecular weight is 362 g/mol. The summed E-state index contributed by atoms with van der Waals surface area (Å²) in [5.41, 5.74) is 1.35. The largest absolute Gasteiger partial charge is 0.469 e. The number of carbonyl (C=O) groups excluding carboxylic acids is 2. The first-order valence-electron chi connectivity index (χ1n) is 8.76. The van der Waals surface area contributed by atoms with Crippen molar-refractivity contribution in [1.29, 1.82) is 0 Å². The molecule has 0 aliphatic heterocycles. The van der Waals surface area contributed by atoms with Crippen LogP contribution in [-0.2, 0) is 13.0 Å². The normalized spacial score (nSPS) is 16.0. The van der Waals surface area contributed by atoms with E-state index in [1.807, 2.05) is 36.4 Å². The number of nitrogens with one attached hydrogen (secondary N) is 2. The lowest BCUT2D eigenvalue weighted by atomic mass is 9.84. The number of aromatic nitrogens is 1. The summed E-state index contributed by atoms with van der Waals surface area (Å²) in [5, 5.41) is 2.72. The van der Waals surface area contributed by atoms with Crippen LogP contribution in [-0.4, -0.2) is 16.7 Å². The van der Waals surface area contributed by atoms with Gasteiger partial charge in [0.25, 0.3) is 11.5 Å². The van der Waals surface area contributed by atoms with E-state index >= 15 is 0 Å². The molecule has 2 N–H and O–H groups in total. The van der Waals surface area contributed by atoms with Crippen LogP contribution in [0.3, 0.4) is 0 Å². The molecule has 6 heteroatoms. The first-order chi connectivity index (χ1) is 13.1. The molecule has 2 heterocycles. The van der Waals surface area contributed by atoms with Crippen LogP contribution in [0.1, 0.15) is 50.1 Å². The zero-order valence-electron chi connectivity index (χ0n) is 14.5. The minimum Gasteiger partial charge on any atom is -0.469 e. The highest BCUT2D eigenvalue weighted by Crippen LogP contribution is 2.31. The predicted molar refractivity (Wildman–Crippen MR) is 98.8 cm³/mol. The Morgan fingerprint density at radius 3 is 2.67 bits per heavy atom. The smallest absolute Gasteiger partial charge is 0.261 e. The number of furan rings is 1. The second-order valence-electron chi connectivity index (χ2n) is 6.62. The molecule has 1 atom stereocenters. The Bertz CT molecular complexity index is 1040. The van der Waals surface area contributed by atoms with Crippen molar-refractivity contribution < 1.29 is 14.0 Å². The van der Waals surface area contributed by atoms with Gasteiger partial charge in [0, 0.05) is 30.1 Å². The summed E-state index contributed by atoms with van der Waals surface area (Å²) in [7, 11) is 0. The van der Waals surface area contributed by atoms with E-state index < -0.39 is 11.5 Å². The molecule has 0 saturated carbocycles. The monoisotopic (exact) mass is 362 g/mol. The van der Waals surface area contributed by atoms with Crippen molar-refractivity contribution in [3.8, 4) is 0 Å². The molecule has 1 aliphatic rings. The molecule has 0 spiro atoms. The minimum atomic E-state index is -0.496. The van der Waals surface area contributed by atoms with Gasteiger partial charge in [-0.1, -0.05) is 30.3 Å². The van der Waals surface area contributed by atoms with E-state index in [0.29, 0.717) is 24.2 Å². The van der Waals surface area contributed by atoms with Gasteiger partial charge in [-0.15, -0.1) is 0 Å². The van der Waals surface area contributed by atoms with Crippen molar-refractivity contribution in [3.05, 3.63) is 93.3 Å². The summed E-state index contributed by atoms with van der Waals surface area (Å²) in [5.74, 6) is 0.0165. The molecule has 2 aromatic heterocycles. The van der Waals surface area contributed by atoms with E-state index in [2.05, 4.69) is 10.3 Å². The molecule has 4 rings (SSSR count). The summed E-state index contributed by atoms with van der Waals surface area (Å²) in [4.78, 5) is 40.1. The Morgan fingerprint density at radius 2 is 1.93 bits per heavy atom. The fourth-order valence-corrected chi connectivity index (χ4v) is 3.40. The maximum absolute atomic E-state index is 12.6. The summed E-state index contributed by atoms with van der Waals surface area (Å²) in [6.07, 6.45) is 2.35.